The van der Waals surface area contributed by atoms with E-state index in [0.717, 1.165) is 16.9 Å². The first-order valence-electron chi connectivity index (χ1n) is 8.73. The molecule has 11 heteroatoms. The highest BCUT2D eigenvalue weighted by Gasteiger charge is 2.32. The number of rotatable bonds is 5. The van der Waals surface area contributed by atoms with E-state index >= 15 is 0 Å². The molecule has 0 saturated carbocycles. The molecule has 152 valence electrons. The molecule has 0 atom stereocenters. The van der Waals surface area contributed by atoms with Crippen LogP contribution in [0.5, 0.6) is 6.01 Å². The summed E-state index contributed by atoms with van der Waals surface area (Å²) in [7, 11) is 0. The molecule has 1 aromatic carbocycles. The van der Waals surface area contributed by atoms with Crippen molar-refractivity contribution in [3.05, 3.63) is 71.0 Å². The minimum absolute atomic E-state index is 0.104. The summed E-state index contributed by atoms with van der Waals surface area (Å²) in [4.78, 5) is 24.0. The van der Waals surface area contributed by atoms with Gasteiger partial charge in [0.25, 0.3) is 5.56 Å². The van der Waals surface area contributed by atoms with Crippen LogP contribution < -0.4 is 10.3 Å². The van der Waals surface area contributed by atoms with E-state index in [1.165, 1.54) is 18.5 Å². The van der Waals surface area contributed by atoms with Crippen molar-refractivity contribution < 1.29 is 17.9 Å². The minimum atomic E-state index is -4.52. The van der Waals surface area contributed by atoms with Crippen LogP contribution in [-0.2, 0) is 12.7 Å². The molecule has 0 spiro atoms. The van der Waals surface area contributed by atoms with Crippen molar-refractivity contribution in [3.63, 3.8) is 0 Å². The van der Waals surface area contributed by atoms with Crippen LogP contribution in [-0.4, -0.2) is 36.6 Å². The van der Waals surface area contributed by atoms with Crippen molar-refractivity contribution in [3.8, 4) is 17.1 Å². The van der Waals surface area contributed by atoms with Crippen molar-refractivity contribution in [1.29, 1.82) is 0 Å². The molecule has 0 unspecified atom stereocenters. The lowest BCUT2D eigenvalue weighted by atomic mass is 10.1. The highest BCUT2D eigenvalue weighted by molar-refractivity contribution is 5.83. The number of ether oxygens (including phenoxy) is 1. The van der Waals surface area contributed by atoms with Crippen molar-refractivity contribution >= 4 is 10.9 Å². The predicted molar refractivity (Wildman–Crippen MR) is 99.6 cm³/mol. The quantitative estimate of drug-likeness (QED) is 0.495. The number of alkyl halides is 3. The van der Waals surface area contributed by atoms with Crippen LogP contribution >= 0.6 is 0 Å². The van der Waals surface area contributed by atoms with E-state index in [9.17, 15) is 18.0 Å². The molecule has 0 amide bonds. The Morgan fingerprint density at radius 2 is 1.77 bits per heavy atom. The van der Waals surface area contributed by atoms with E-state index in [4.69, 9.17) is 4.74 Å². The third kappa shape index (κ3) is 4.09. The first-order chi connectivity index (χ1) is 14.4. The van der Waals surface area contributed by atoms with E-state index in [-0.39, 0.29) is 24.5 Å². The van der Waals surface area contributed by atoms with Gasteiger partial charge in [-0.05, 0) is 29.8 Å². The summed E-state index contributed by atoms with van der Waals surface area (Å²) in [5.41, 5.74) is -0.0410. The van der Waals surface area contributed by atoms with Gasteiger partial charge in [-0.3, -0.25) is 9.78 Å². The van der Waals surface area contributed by atoms with Gasteiger partial charge < -0.3 is 4.74 Å². The Balaban J connectivity index is 1.58. The lowest BCUT2D eigenvalue weighted by Gasteiger charge is -2.08. The molecule has 0 saturated heterocycles. The highest BCUT2D eigenvalue weighted by Crippen LogP contribution is 2.29. The topological polar surface area (TPSA) is 95.7 Å². The lowest BCUT2D eigenvalue weighted by molar-refractivity contribution is -0.141. The molecule has 0 aliphatic rings. The van der Waals surface area contributed by atoms with Crippen LogP contribution in [0.1, 0.15) is 5.69 Å². The number of nitrogens with zero attached hydrogens (tertiary/aromatic N) is 6. The van der Waals surface area contributed by atoms with E-state index < -0.39 is 17.4 Å². The Labute approximate surface area is 167 Å². The summed E-state index contributed by atoms with van der Waals surface area (Å²) in [5, 5.41) is 8.16. The van der Waals surface area contributed by atoms with Gasteiger partial charge in [-0.25, -0.2) is 14.6 Å². The Bertz CT molecular complexity index is 1230. The molecule has 0 radical (unpaired) electrons. The van der Waals surface area contributed by atoms with Crippen LogP contribution in [0.4, 0.5) is 13.2 Å². The highest BCUT2D eigenvalue weighted by atomic mass is 19.4. The largest absolute Gasteiger partial charge is 0.461 e. The second-order valence-electron chi connectivity index (χ2n) is 6.16. The first kappa shape index (κ1) is 19.4. The summed E-state index contributed by atoms with van der Waals surface area (Å²) < 4.78 is 44.6. The third-order valence-electron chi connectivity index (χ3n) is 4.19. The van der Waals surface area contributed by atoms with Gasteiger partial charge in [0.05, 0.1) is 11.9 Å². The van der Waals surface area contributed by atoms with Crippen molar-refractivity contribution in [2.75, 3.05) is 6.61 Å². The van der Waals surface area contributed by atoms with Gasteiger partial charge in [0.2, 0.25) is 0 Å². The first-order valence-corrected chi connectivity index (χ1v) is 8.73. The second kappa shape index (κ2) is 7.85. The molecule has 4 aromatic rings. The average Bonchev–Trinajstić information content (AvgIpc) is 2.75. The molecule has 8 nitrogen and oxygen atoms in total. The van der Waals surface area contributed by atoms with Gasteiger partial charge >= 0.3 is 12.2 Å². The third-order valence-corrected chi connectivity index (χ3v) is 4.19. The maximum absolute atomic E-state index is 12.7. The van der Waals surface area contributed by atoms with E-state index in [2.05, 4.69) is 25.3 Å². The van der Waals surface area contributed by atoms with Crippen LogP contribution in [0.3, 0.4) is 0 Å². The molecule has 0 bridgehead atoms. The minimum Gasteiger partial charge on any atom is -0.461 e. The van der Waals surface area contributed by atoms with Crippen molar-refractivity contribution in [2.24, 2.45) is 0 Å². The summed E-state index contributed by atoms with van der Waals surface area (Å²) in [6.45, 7) is 0.221. The molecule has 4 rings (SSSR count). The number of hydrogen-bond acceptors (Lipinski definition) is 7. The van der Waals surface area contributed by atoms with Gasteiger partial charge in [-0.2, -0.15) is 13.2 Å². The van der Waals surface area contributed by atoms with E-state index in [0.29, 0.717) is 16.6 Å². The van der Waals surface area contributed by atoms with E-state index in [1.807, 2.05) is 0 Å². The predicted octanol–water partition coefficient (Wildman–Crippen LogP) is 2.74. The molecule has 0 aliphatic heterocycles. The Hall–Kier alpha value is -3.89. The summed E-state index contributed by atoms with van der Waals surface area (Å²) in [5.74, 6) is 0. The summed E-state index contributed by atoms with van der Waals surface area (Å²) in [6.07, 6.45) is -0.340. The van der Waals surface area contributed by atoms with Crippen molar-refractivity contribution in [1.82, 2.24) is 29.9 Å². The zero-order valence-electron chi connectivity index (χ0n) is 15.2. The van der Waals surface area contributed by atoms with Gasteiger partial charge in [-0.1, -0.05) is 17.3 Å². The van der Waals surface area contributed by atoms with Gasteiger partial charge in [0.15, 0.2) is 0 Å². The molecular formula is C19H13F3N6O2. The Morgan fingerprint density at radius 3 is 2.47 bits per heavy atom. The number of fused-ring (bicyclic) bond motifs is 1. The lowest BCUT2D eigenvalue weighted by Crippen LogP contribution is -2.27. The number of pyridine rings is 1. The maximum atomic E-state index is 12.7. The standard InChI is InChI=1S/C19H13F3N6O2/c20-19(21,22)16-5-3-13(11-25-16)12-2-4-15-14(10-12)17(29)28(27-26-15)8-9-30-18-23-6-1-7-24-18/h1-7,10-11H,8-9H2. The molecule has 3 heterocycles. The number of aromatic nitrogens is 6. The van der Waals surface area contributed by atoms with Crippen LogP contribution in [0, 0.1) is 0 Å². The summed E-state index contributed by atoms with van der Waals surface area (Å²) >= 11 is 0. The molecular weight excluding hydrogens is 401 g/mol. The van der Waals surface area contributed by atoms with E-state index in [1.54, 1.807) is 24.3 Å². The van der Waals surface area contributed by atoms with Gasteiger partial charge in [0, 0.05) is 24.2 Å². The molecule has 30 heavy (non-hydrogen) atoms. The molecule has 0 N–H and O–H groups in total. The number of benzene rings is 1. The summed E-state index contributed by atoms with van der Waals surface area (Å²) in [6, 6.07) is 8.79. The van der Waals surface area contributed by atoms with Crippen LogP contribution in [0.2, 0.25) is 0 Å². The number of hydrogen-bond donors (Lipinski definition) is 0. The zero-order valence-corrected chi connectivity index (χ0v) is 15.2. The van der Waals surface area contributed by atoms with Crippen LogP contribution in [0.25, 0.3) is 22.0 Å². The second-order valence-corrected chi connectivity index (χ2v) is 6.16. The SMILES string of the molecule is O=c1c2cc(-c3ccc(C(F)(F)F)nc3)ccc2nnn1CCOc1ncccn1. The fourth-order valence-electron chi connectivity index (χ4n) is 2.72. The van der Waals surface area contributed by atoms with Crippen LogP contribution in [0.15, 0.2) is 59.8 Å². The normalized spacial score (nSPS) is 11.6. The molecule has 0 aliphatic carbocycles. The fourth-order valence-corrected chi connectivity index (χ4v) is 2.72. The average molecular weight is 414 g/mol. The maximum Gasteiger partial charge on any atom is 0.433 e. The number of halogens is 3. The fraction of sp³-hybridized carbons (Fsp3) is 0.158. The molecule has 3 aromatic heterocycles. The zero-order chi connectivity index (χ0) is 21.1. The Morgan fingerprint density at radius 1 is 1.00 bits per heavy atom. The van der Waals surface area contributed by atoms with Gasteiger partial charge in [0.1, 0.15) is 17.8 Å². The Kier molecular flexibility index (Phi) is 5.09. The monoisotopic (exact) mass is 414 g/mol. The molecule has 0 fully saturated rings. The van der Waals surface area contributed by atoms with Gasteiger partial charge in [-0.15, -0.1) is 5.10 Å². The smallest absolute Gasteiger partial charge is 0.433 e. The van der Waals surface area contributed by atoms with Crippen molar-refractivity contribution in [2.45, 2.75) is 12.7 Å².